The minimum Gasteiger partial charge on any atom is -0.369 e. The summed E-state index contributed by atoms with van der Waals surface area (Å²) >= 11 is 0. The third kappa shape index (κ3) is 12.0. The maximum Gasteiger partial charge on any atom is 0.243 e. The number of ether oxygens (including phenoxy) is 2. The van der Waals surface area contributed by atoms with Gasteiger partial charge in [0.25, 0.3) is 0 Å². The molecule has 0 unspecified atom stereocenters. The van der Waals surface area contributed by atoms with E-state index < -0.39 is 89.3 Å². The van der Waals surface area contributed by atoms with Crippen LogP contribution >= 0.6 is 0 Å². The topological polar surface area (TPSA) is 250 Å². The Hall–Kier alpha value is -7.68. The Morgan fingerprint density at radius 3 is 1.16 bits per heavy atom. The normalized spacial score (nSPS) is 13.4. The number of para-hydroxylation sites is 2. The van der Waals surface area contributed by atoms with Crippen LogP contribution in [0.2, 0.25) is 0 Å². The molecule has 388 valence electrons. The van der Waals surface area contributed by atoms with Gasteiger partial charge in [-0.15, -0.1) is 20.4 Å². The lowest BCUT2D eigenvalue weighted by Gasteiger charge is -2.23. The summed E-state index contributed by atoms with van der Waals surface area (Å²) in [4.78, 5) is 25.0. The molecular formula is C48H50F4N14O6S2. The van der Waals surface area contributed by atoms with Gasteiger partial charge in [-0.3, -0.25) is 28.5 Å². The lowest BCUT2D eigenvalue weighted by molar-refractivity contribution is 0.0556. The molecule has 0 saturated carbocycles. The molecule has 0 spiro atoms. The third-order valence-electron chi connectivity index (χ3n) is 11.0. The van der Waals surface area contributed by atoms with Gasteiger partial charge in [-0.1, -0.05) is 12.1 Å². The van der Waals surface area contributed by atoms with Crippen molar-refractivity contribution >= 4 is 31.9 Å². The van der Waals surface area contributed by atoms with Crippen molar-refractivity contribution in [2.24, 2.45) is 0 Å². The molecule has 0 radical (unpaired) electrons. The van der Waals surface area contributed by atoms with E-state index in [0.717, 1.165) is 55.7 Å². The quantitative estimate of drug-likeness (QED) is 0.0777. The van der Waals surface area contributed by atoms with E-state index in [0.29, 0.717) is 11.1 Å². The lowest BCUT2D eigenvalue weighted by atomic mass is 10.2. The molecule has 2 aromatic carbocycles. The molecule has 0 fully saturated rings. The van der Waals surface area contributed by atoms with Crippen LogP contribution in [0.4, 0.5) is 29.5 Å². The van der Waals surface area contributed by atoms with Gasteiger partial charge in [0.15, 0.2) is 23.3 Å². The summed E-state index contributed by atoms with van der Waals surface area (Å²) in [6.45, 7) is 13.8. The number of anilines is 2. The number of benzene rings is 2. The smallest absolute Gasteiger partial charge is 0.243 e. The van der Waals surface area contributed by atoms with Crippen LogP contribution in [0.15, 0.2) is 98.1 Å². The molecule has 0 aliphatic rings. The Morgan fingerprint density at radius 1 is 0.514 bits per heavy atom. The molecule has 0 aliphatic carbocycles. The van der Waals surface area contributed by atoms with Crippen molar-refractivity contribution in [3.8, 4) is 34.2 Å². The fraction of sp³-hybridized carbons (Fsp3) is 0.292. The molecule has 0 aliphatic heterocycles. The molecular weight excluding hydrogens is 1010 g/mol. The Labute approximate surface area is 423 Å². The number of aromatic nitrogens is 12. The maximum absolute atomic E-state index is 14.9. The molecule has 0 amide bonds. The first-order valence-electron chi connectivity index (χ1n) is 22.7. The van der Waals surface area contributed by atoms with Crippen molar-refractivity contribution in [1.29, 1.82) is 0 Å². The predicted molar refractivity (Wildman–Crippen MR) is 265 cm³/mol. The van der Waals surface area contributed by atoms with Crippen LogP contribution in [0.25, 0.3) is 34.2 Å². The predicted octanol–water partition coefficient (Wildman–Crippen LogP) is 7.84. The van der Waals surface area contributed by atoms with Gasteiger partial charge in [0, 0.05) is 73.9 Å². The highest BCUT2D eigenvalue weighted by Gasteiger charge is 2.37. The zero-order valence-electron chi connectivity index (χ0n) is 41.1. The van der Waals surface area contributed by atoms with Gasteiger partial charge in [-0.25, -0.2) is 54.3 Å². The van der Waals surface area contributed by atoms with Crippen LogP contribution in [0.1, 0.15) is 73.8 Å². The average Bonchev–Trinajstić information content (AvgIpc) is 3.96. The maximum atomic E-state index is 14.9. The number of sulfonamides is 2. The van der Waals surface area contributed by atoms with E-state index in [4.69, 9.17) is 9.47 Å². The Kier molecular flexibility index (Phi) is 16.8. The third-order valence-corrected chi connectivity index (χ3v) is 14.4. The lowest BCUT2D eigenvalue weighted by Crippen LogP contribution is -2.34. The van der Waals surface area contributed by atoms with Crippen LogP contribution in [0, 0.1) is 51.0 Å². The standard InChI is InChI=1S/2C24H25F2N7O3S/c2*1-5-36-21(22-28-11-15(3)12-29-22)16(4)37(34,35)32-24-31-30-23(17-9-14(2)10-27-13-17)33(24)20-18(25)7-6-8-19(20)26/h2*6-13,16,21H,5H2,1-4H3,(H,31,32)/t2*16-,21-/m10/s1. The molecule has 0 bridgehead atoms. The van der Waals surface area contributed by atoms with Crippen molar-refractivity contribution < 1.29 is 43.9 Å². The number of rotatable bonds is 18. The second-order valence-electron chi connectivity index (χ2n) is 16.7. The number of hydrogen-bond donors (Lipinski definition) is 2. The van der Waals surface area contributed by atoms with Crippen molar-refractivity contribution in [2.75, 3.05) is 22.7 Å². The molecule has 4 atom stereocenters. The summed E-state index contributed by atoms with van der Waals surface area (Å²) in [6.07, 6.45) is 10.2. The van der Waals surface area contributed by atoms with E-state index in [9.17, 15) is 34.4 Å². The summed E-state index contributed by atoms with van der Waals surface area (Å²) in [5.41, 5.74) is 2.79. The molecule has 8 aromatic rings. The minimum atomic E-state index is -4.27. The van der Waals surface area contributed by atoms with Crippen LogP contribution in [0.3, 0.4) is 0 Å². The molecule has 0 saturated heterocycles. The van der Waals surface area contributed by atoms with E-state index in [1.54, 1.807) is 90.9 Å². The summed E-state index contributed by atoms with van der Waals surface area (Å²) in [5.74, 6) is -4.21. The first kappa shape index (κ1) is 54.1. The zero-order valence-corrected chi connectivity index (χ0v) is 42.7. The van der Waals surface area contributed by atoms with E-state index in [1.807, 2.05) is 0 Å². The molecule has 26 heteroatoms. The highest BCUT2D eigenvalue weighted by molar-refractivity contribution is 7.93. The van der Waals surface area contributed by atoms with Gasteiger partial charge in [-0.2, -0.15) is 0 Å². The minimum absolute atomic E-state index is 0.00576. The van der Waals surface area contributed by atoms with Crippen molar-refractivity contribution in [3.05, 3.63) is 155 Å². The van der Waals surface area contributed by atoms with Crippen LogP contribution < -0.4 is 9.44 Å². The van der Waals surface area contributed by atoms with Crippen LogP contribution in [-0.4, -0.2) is 100.0 Å². The van der Waals surface area contributed by atoms with Gasteiger partial charge >= 0.3 is 0 Å². The molecule has 6 heterocycles. The Balaban J connectivity index is 0.000000216. The molecule has 74 heavy (non-hydrogen) atoms. The summed E-state index contributed by atoms with van der Waals surface area (Å²) in [7, 11) is -8.53. The number of nitrogens with one attached hydrogen (secondary N) is 2. The van der Waals surface area contributed by atoms with Gasteiger partial charge in [0.1, 0.15) is 57.4 Å². The number of nitrogens with zero attached hydrogens (tertiary/aromatic N) is 12. The summed E-state index contributed by atoms with van der Waals surface area (Å²) in [5, 5.41) is 13.5. The second-order valence-corrected chi connectivity index (χ2v) is 20.8. The Bertz CT molecular complexity index is 3210. The van der Waals surface area contributed by atoms with Gasteiger partial charge in [0.05, 0.1) is 0 Å². The van der Waals surface area contributed by atoms with Crippen LogP contribution in [-0.2, 0) is 29.5 Å². The van der Waals surface area contributed by atoms with Gasteiger partial charge < -0.3 is 9.47 Å². The number of pyridine rings is 2. The number of aryl methyl sites for hydroxylation is 4. The molecule has 8 rings (SSSR count). The van der Waals surface area contributed by atoms with E-state index in [-0.39, 0.29) is 36.5 Å². The SMILES string of the molecule is CCO[C@@H](c1ncc(C)cn1)[C@@H](C)S(=O)(=O)Nc1nnc(-c2cncc(C)c2)n1-c1c(F)cccc1F.CCO[C@H](c1ncc(C)cn1)[C@H](C)S(=O)(=O)Nc1nnc(-c2cncc(C)c2)n1-c1c(F)cccc1F. The van der Waals surface area contributed by atoms with Crippen molar-refractivity contribution in [1.82, 2.24) is 59.4 Å². The fourth-order valence-electron chi connectivity index (χ4n) is 7.32. The molecule has 6 aromatic heterocycles. The summed E-state index contributed by atoms with van der Waals surface area (Å²) < 4.78 is 131. The number of halogens is 4. The van der Waals surface area contributed by atoms with E-state index >= 15 is 0 Å². The van der Waals surface area contributed by atoms with Crippen molar-refractivity contribution in [3.63, 3.8) is 0 Å². The fourth-order valence-corrected chi connectivity index (χ4v) is 9.52. The van der Waals surface area contributed by atoms with E-state index in [1.165, 1.54) is 38.4 Å². The van der Waals surface area contributed by atoms with Gasteiger partial charge in [-0.05, 0) is 114 Å². The Morgan fingerprint density at radius 2 is 0.851 bits per heavy atom. The second kappa shape index (κ2) is 23.0. The molecule has 2 N–H and O–H groups in total. The largest absolute Gasteiger partial charge is 0.369 e. The highest BCUT2D eigenvalue weighted by atomic mass is 32.2. The van der Waals surface area contributed by atoms with Crippen LogP contribution in [0.5, 0.6) is 0 Å². The summed E-state index contributed by atoms with van der Waals surface area (Å²) in [6, 6.07) is 9.99. The monoisotopic (exact) mass is 1060 g/mol. The van der Waals surface area contributed by atoms with Crippen molar-refractivity contribution in [2.45, 2.75) is 78.1 Å². The number of hydrogen-bond acceptors (Lipinski definition) is 16. The van der Waals surface area contributed by atoms with E-state index in [2.05, 4.69) is 59.7 Å². The average molecular weight is 1060 g/mol. The molecule has 20 nitrogen and oxygen atoms in total. The zero-order chi connectivity index (χ0) is 53.5. The highest BCUT2D eigenvalue weighted by Crippen LogP contribution is 2.33. The first-order valence-corrected chi connectivity index (χ1v) is 25.8. The van der Waals surface area contributed by atoms with Gasteiger partial charge in [0.2, 0.25) is 31.9 Å². The first-order chi connectivity index (χ1) is 35.2.